The molecule has 0 unspecified atom stereocenters. The van der Waals surface area contributed by atoms with E-state index in [9.17, 15) is 0 Å². The number of hydrogen-bond acceptors (Lipinski definition) is 3. The van der Waals surface area contributed by atoms with Crippen molar-refractivity contribution >= 4 is 0 Å². The van der Waals surface area contributed by atoms with Crippen molar-refractivity contribution in [2.24, 2.45) is 17.4 Å². The van der Waals surface area contributed by atoms with E-state index in [4.69, 9.17) is 11.5 Å². The molecule has 1 aromatic rings. The fourth-order valence-corrected chi connectivity index (χ4v) is 1.36. The molecule has 14 heavy (non-hydrogen) atoms. The van der Waals surface area contributed by atoms with Crippen LogP contribution in [-0.2, 0) is 0 Å². The van der Waals surface area contributed by atoms with E-state index in [2.05, 4.69) is 18.8 Å². The van der Waals surface area contributed by atoms with Crippen LogP contribution < -0.4 is 11.5 Å². The third kappa shape index (κ3) is 2.53. The summed E-state index contributed by atoms with van der Waals surface area (Å²) in [7, 11) is 0. The van der Waals surface area contributed by atoms with Crippen molar-refractivity contribution in [3.05, 3.63) is 29.6 Å². The normalized spacial score (nSPS) is 15.6. The van der Waals surface area contributed by atoms with Gasteiger partial charge in [-0.2, -0.15) is 0 Å². The van der Waals surface area contributed by atoms with Crippen molar-refractivity contribution in [3.63, 3.8) is 0 Å². The van der Waals surface area contributed by atoms with Crippen LogP contribution >= 0.6 is 0 Å². The molecule has 0 saturated carbocycles. The second kappa shape index (κ2) is 4.53. The van der Waals surface area contributed by atoms with Gasteiger partial charge >= 0.3 is 0 Å². The Kier molecular flexibility index (Phi) is 3.61. The van der Waals surface area contributed by atoms with E-state index < -0.39 is 0 Å². The first-order chi connectivity index (χ1) is 6.52. The summed E-state index contributed by atoms with van der Waals surface area (Å²) in [6.07, 6.45) is 0. The lowest BCUT2D eigenvalue weighted by Gasteiger charge is -2.22. The summed E-state index contributed by atoms with van der Waals surface area (Å²) in [5, 5.41) is 0. The fourth-order valence-electron chi connectivity index (χ4n) is 1.36. The maximum Gasteiger partial charge on any atom is 0.0626 e. The van der Waals surface area contributed by atoms with Crippen molar-refractivity contribution in [3.8, 4) is 0 Å². The molecule has 4 N–H and O–H groups in total. The molecule has 1 aromatic heterocycles. The number of aromatic nitrogens is 1. The summed E-state index contributed by atoms with van der Waals surface area (Å²) in [4.78, 5) is 4.37. The zero-order chi connectivity index (χ0) is 10.7. The van der Waals surface area contributed by atoms with Gasteiger partial charge in [-0.3, -0.25) is 4.98 Å². The Bertz CT molecular complexity index is 296. The van der Waals surface area contributed by atoms with Crippen LogP contribution in [0.3, 0.4) is 0 Å². The van der Waals surface area contributed by atoms with Gasteiger partial charge in [-0.15, -0.1) is 0 Å². The molecule has 0 aliphatic carbocycles. The predicted molar refractivity (Wildman–Crippen MR) is 58.7 cm³/mol. The van der Waals surface area contributed by atoms with E-state index in [0.717, 1.165) is 11.4 Å². The molecule has 3 nitrogen and oxygen atoms in total. The maximum absolute atomic E-state index is 6.02. The van der Waals surface area contributed by atoms with E-state index in [1.54, 1.807) is 0 Å². The lowest BCUT2D eigenvalue weighted by atomic mass is 9.95. The third-order valence-electron chi connectivity index (χ3n) is 2.44. The van der Waals surface area contributed by atoms with Gasteiger partial charge in [0.05, 0.1) is 11.7 Å². The van der Waals surface area contributed by atoms with E-state index in [-0.39, 0.29) is 12.1 Å². The van der Waals surface area contributed by atoms with Crippen molar-refractivity contribution in [1.29, 1.82) is 0 Å². The van der Waals surface area contributed by atoms with E-state index in [0.29, 0.717) is 5.92 Å². The zero-order valence-corrected chi connectivity index (χ0v) is 9.07. The number of rotatable bonds is 3. The lowest BCUT2D eigenvalue weighted by molar-refractivity contribution is 0.417. The summed E-state index contributed by atoms with van der Waals surface area (Å²) >= 11 is 0. The van der Waals surface area contributed by atoms with Gasteiger partial charge in [0, 0.05) is 11.7 Å². The van der Waals surface area contributed by atoms with Crippen LogP contribution in [0.2, 0.25) is 0 Å². The largest absolute Gasteiger partial charge is 0.326 e. The van der Waals surface area contributed by atoms with E-state index in [1.165, 1.54) is 0 Å². The highest BCUT2D eigenvalue weighted by Gasteiger charge is 2.19. The Hall–Kier alpha value is -0.930. The van der Waals surface area contributed by atoms with Crippen molar-refractivity contribution < 1.29 is 0 Å². The highest BCUT2D eigenvalue weighted by molar-refractivity contribution is 5.14. The SMILES string of the molecule is Cc1cccc([C@H](N)[C@@H](N)C(C)C)n1. The molecule has 0 saturated heterocycles. The highest BCUT2D eigenvalue weighted by Crippen LogP contribution is 2.15. The molecule has 2 atom stereocenters. The van der Waals surface area contributed by atoms with Gasteiger partial charge in [-0.05, 0) is 25.0 Å². The average molecular weight is 193 g/mol. The van der Waals surface area contributed by atoms with E-state index >= 15 is 0 Å². The zero-order valence-electron chi connectivity index (χ0n) is 9.07. The molecule has 1 heterocycles. The fraction of sp³-hybridized carbons (Fsp3) is 0.545. The van der Waals surface area contributed by atoms with Crippen LogP contribution in [0.15, 0.2) is 18.2 Å². The highest BCUT2D eigenvalue weighted by atomic mass is 14.8. The van der Waals surface area contributed by atoms with Crippen LogP contribution in [0.1, 0.15) is 31.3 Å². The van der Waals surface area contributed by atoms with Gasteiger partial charge in [0.1, 0.15) is 0 Å². The molecule has 0 amide bonds. The quantitative estimate of drug-likeness (QED) is 0.762. The Morgan fingerprint density at radius 1 is 1.21 bits per heavy atom. The summed E-state index contributed by atoms with van der Waals surface area (Å²) in [6.45, 7) is 6.10. The van der Waals surface area contributed by atoms with Crippen molar-refractivity contribution in [2.45, 2.75) is 32.9 Å². The van der Waals surface area contributed by atoms with Gasteiger partial charge in [0.15, 0.2) is 0 Å². The minimum atomic E-state index is -0.171. The third-order valence-corrected chi connectivity index (χ3v) is 2.44. The monoisotopic (exact) mass is 193 g/mol. The van der Waals surface area contributed by atoms with Crippen LogP contribution in [0.5, 0.6) is 0 Å². The molecule has 0 aromatic carbocycles. The molecule has 0 aliphatic heterocycles. The molecule has 0 aliphatic rings. The molecular weight excluding hydrogens is 174 g/mol. The minimum absolute atomic E-state index is 0.0377. The van der Waals surface area contributed by atoms with Crippen molar-refractivity contribution in [2.75, 3.05) is 0 Å². The summed E-state index contributed by atoms with van der Waals surface area (Å²) < 4.78 is 0. The Labute approximate surface area is 85.5 Å². The second-order valence-corrected chi connectivity index (χ2v) is 4.05. The topological polar surface area (TPSA) is 64.9 Å². The molecular formula is C11H19N3. The summed E-state index contributed by atoms with van der Waals surface area (Å²) in [6, 6.07) is 5.64. The van der Waals surface area contributed by atoms with Crippen molar-refractivity contribution in [1.82, 2.24) is 4.98 Å². The molecule has 1 rings (SSSR count). The lowest BCUT2D eigenvalue weighted by Crippen LogP contribution is -2.38. The Balaban J connectivity index is 2.83. The molecule has 0 spiro atoms. The smallest absolute Gasteiger partial charge is 0.0626 e. The van der Waals surface area contributed by atoms with Gasteiger partial charge in [-0.1, -0.05) is 19.9 Å². The number of pyridine rings is 1. The maximum atomic E-state index is 6.02. The molecule has 3 heteroatoms. The minimum Gasteiger partial charge on any atom is -0.326 e. The summed E-state index contributed by atoms with van der Waals surface area (Å²) in [5.74, 6) is 0.368. The molecule has 0 bridgehead atoms. The Morgan fingerprint density at radius 3 is 2.36 bits per heavy atom. The first kappa shape index (κ1) is 11.1. The second-order valence-electron chi connectivity index (χ2n) is 4.05. The Morgan fingerprint density at radius 2 is 1.86 bits per heavy atom. The number of nitrogens with zero attached hydrogens (tertiary/aromatic N) is 1. The van der Waals surface area contributed by atoms with Gasteiger partial charge in [-0.25, -0.2) is 0 Å². The number of hydrogen-bond donors (Lipinski definition) is 2. The van der Waals surface area contributed by atoms with Crippen LogP contribution in [0.25, 0.3) is 0 Å². The average Bonchev–Trinajstić information content (AvgIpc) is 2.15. The van der Waals surface area contributed by atoms with E-state index in [1.807, 2.05) is 25.1 Å². The molecule has 0 fully saturated rings. The predicted octanol–water partition coefficient (Wildman–Crippen LogP) is 1.37. The van der Waals surface area contributed by atoms with Crippen LogP contribution in [0.4, 0.5) is 0 Å². The standard InChI is InChI=1S/C11H19N3/c1-7(2)10(12)11(13)9-6-4-5-8(3)14-9/h4-7,10-11H,12-13H2,1-3H3/t10-,11-/m0/s1. The molecule has 0 radical (unpaired) electrons. The first-order valence-electron chi connectivity index (χ1n) is 4.97. The van der Waals surface area contributed by atoms with Gasteiger partial charge in [0.2, 0.25) is 0 Å². The van der Waals surface area contributed by atoms with Gasteiger partial charge in [0.25, 0.3) is 0 Å². The number of nitrogens with two attached hydrogens (primary N) is 2. The van der Waals surface area contributed by atoms with Crippen LogP contribution in [0, 0.1) is 12.8 Å². The van der Waals surface area contributed by atoms with Crippen LogP contribution in [-0.4, -0.2) is 11.0 Å². The molecule has 78 valence electrons. The van der Waals surface area contributed by atoms with Gasteiger partial charge < -0.3 is 11.5 Å². The first-order valence-corrected chi connectivity index (χ1v) is 4.97. The number of aryl methyl sites for hydroxylation is 1. The summed E-state index contributed by atoms with van der Waals surface area (Å²) in [5.41, 5.74) is 13.9.